The monoisotopic (exact) mass is 572 g/mol. The van der Waals surface area contributed by atoms with Gasteiger partial charge in [-0.2, -0.15) is 0 Å². The Morgan fingerprint density at radius 2 is 1.20 bits per heavy atom. The molecule has 0 amide bonds. The van der Waals surface area contributed by atoms with Gasteiger partial charge in [0, 0.05) is 5.39 Å². The van der Waals surface area contributed by atoms with Crippen LogP contribution in [0.25, 0.3) is 10.8 Å². The Hall–Kier alpha value is -3.48. The number of aryl methyl sites for hydroxylation is 5. The van der Waals surface area contributed by atoms with Gasteiger partial charge in [0.05, 0.1) is 0 Å². The number of fused-ring (bicyclic) bond motifs is 1. The Morgan fingerprint density at radius 3 is 1.90 bits per heavy atom. The van der Waals surface area contributed by atoms with Crippen molar-refractivity contribution in [1.29, 1.82) is 0 Å². The maximum absolute atomic E-state index is 15.3. The van der Waals surface area contributed by atoms with E-state index < -0.39 is 17.9 Å². The summed E-state index contributed by atoms with van der Waals surface area (Å²) in [5.41, 5.74) is 3.52. The van der Waals surface area contributed by atoms with Crippen LogP contribution in [0.1, 0.15) is 66.8 Å². The molecule has 7 heteroatoms. The summed E-state index contributed by atoms with van der Waals surface area (Å²) in [6.45, 7) is 2.18. The summed E-state index contributed by atoms with van der Waals surface area (Å²) in [6.07, 6.45) is 3.45. The van der Waals surface area contributed by atoms with Crippen molar-refractivity contribution in [2.75, 3.05) is 0 Å². The maximum Gasteiger partial charge on any atom is 0.573 e. The summed E-state index contributed by atoms with van der Waals surface area (Å²) in [4.78, 5) is 0. The quantitative estimate of drug-likeness (QED) is 0.114. The van der Waals surface area contributed by atoms with Crippen molar-refractivity contribution in [2.24, 2.45) is 0 Å². The number of hydrogen-bond acceptors (Lipinski definition) is 1. The highest BCUT2D eigenvalue weighted by atomic mass is 19.4. The SMILES string of the molecule is CCCCCCCc1ccc(CCc2ccc3c(F)c(CCc4ccc(OC(F)(F)F)c(F)c4)ccc3c2)c(F)c1. The third kappa shape index (κ3) is 8.75. The van der Waals surface area contributed by atoms with Gasteiger partial charge >= 0.3 is 6.36 Å². The number of rotatable bonds is 13. The van der Waals surface area contributed by atoms with Gasteiger partial charge in [0.2, 0.25) is 0 Å². The van der Waals surface area contributed by atoms with Gasteiger partial charge in [-0.25, -0.2) is 13.2 Å². The maximum atomic E-state index is 15.3. The number of unbranched alkanes of at least 4 members (excludes halogenated alkanes) is 4. The van der Waals surface area contributed by atoms with Crippen molar-refractivity contribution >= 4 is 10.8 Å². The summed E-state index contributed by atoms with van der Waals surface area (Å²) >= 11 is 0. The molecule has 4 aromatic carbocycles. The molecule has 0 aromatic heterocycles. The van der Waals surface area contributed by atoms with E-state index in [2.05, 4.69) is 11.7 Å². The van der Waals surface area contributed by atoms with Crippen LogP contribution in [-0.4, -0.2) is 6.36 Å². The molecule has 0 aliphatic carbocycles. The lowest BCUT2D eigenvalue weighted by molar-refractivity contribution is -0.275. The third-order valence-corrected chi connectivity index (χ3v) is 7.37. The fraction of sp³-hybridized carbons (Fsp3) is 0.353. The lowest BCUT2D eigenvalue weighted by atomic mass is 9.96. The van der Waals surface area contributed by atoms with Gasteiger partial charge < -0.3 is 4.74 Å². The molecule has 0 aliphatic rings. The van der Waals surface area contributed by atoms with E-state index >= 15 is 4.39 Å². The van der Waals surface area contributed by atoms with Gasteiger partial charge in [-0.15, -0.1) is 13.2 Å². The molecular formula is C34H34F6O. The molecule has 0 aliphatic heterocycles. The van der Waals surface area contributed by atoms with Crippen LogP contribution in [-0.2, 0) is 32.1 Å². The van der Waals surface area contributed by atoms with Crippen LogP contribution in [0.2, 0.25) is 0 Å². The Kier molecular flexibility index (Phi) is 10.4. The molecule has 0 unspecified atom stereocenters. The highest BCUT2D eigenvalue weighted by Crippen LogP contribution is 2.28. The van der Waals surface area contributed by atoms with Crippen molar-refractivity contribution in [3.05, 3.63) is 112 Å². The first-order chi connectivity index (χ1) is 19.6. The first-order valence-electron chi connectivity index (χ1n) is 14.1. The van der Waals surface area contributed by atoms with Crippen LogP contribution in [0, 0.1) is 17.5 Å². The average Bonchev–Trinajstić information content (AvgIpc) is 2.93. The summed E-state index contributed by atoms with van der Waals surface area (Å²) in [5, 5.41) is 1.17. The number of ether oxygens (including phenoxy) is 1. The molecule has 0 saturated heterocycles. The largest absolute Gasteiger partial charge is 0.573 e. The van der Waals surface area contributed by atoms with E-state index in [-0.39, 0.29) is 24.5 Å². The minimum absolute atomic E-state index is 0.185. The minimum Gasteiger partial charge on any atom is -0.403 e. The Bertz CT molecular complexity index is 1460. The summed E-state index contributed by atoms with van der Waals surface area (Å²) in [7, 11) is 0. The van der Waals surface area contributed by atoms with Crippen LogP contribution in [0.15, 0.2) is 66.7 Å². The molecule has 0 heterocycles. The number of alkyl halides is 3. The molecule has 4 aromatic rings. The van der Waals surface area contributed by atoms with Gasteiger partial charge in [0.1, 0.15) is 11.6 Å². The smallest absolute Gasteiger partial charge is 0.403 e. The van der Waals surface area contributed by atoms with Crippen LogP contribution in [0.5, 0.6) is 5.75 Å². The van der Waals surface area contributed by atoms with Crippen LogP contribution in [0.4, 0.5) is 26.3 Å². The minimum atomic E-state index is -4.98. The fourth-order valence-electron chi connectivity index (χ4n) is 5.08. The lowest BCUT2D eigenvalue weighted by Gasteiger charge is -2.11. The second-order valence-corrected chi connectivity index (χ2v) is 10.5. The van der Waals surface area contributed by atoms with Gasteiger partial charge in [0.15, 0.2) is 11.6 Å². The molecule has 4 rings (SSSR count). The predicted molar refractivity (Wildman–Crippen MR) is 151 cm³/mol. The second kappa shape index (κ2) is 13.9. The first kappa shape index (κ1) is 30.5. The van der Waals surface area contributed by atoms with E-state index in [1.54, 1.807) is 18.2 Å². The fourth-order valence-corrected chi connectivity index (χ4v) is 5.08. The second-order valence-electron chi connectivity index (χ2n) is 10.5. The first-order valence-corrected chi connectivity index (χ1v) is 14.1. The van der Waals surface area contributed by atoms with Crippen molar-refractivity contribution in [2.45, 2.75) is 77.5 Å². The van der Waals surface area contributed by atoms with Crippen molar-refractivity contribution in [1.82, 2.24) is 0 Å². The third-order valence-electron chi connectivity index (χ3n) is 7.37. The molecule has 218 valence electrons. The van der Waals surface area contributed by atoms with E-state index in [9.17, 15) is 22.0 Å². The van der Waals surface area contributed by atoms with E-state index in [1.807, 2.05) is 30.3 Å². The number of halogens is 6. The molecule has 1 nitrogen and oxygen atoms in total. The van der Waals surface area contributed by atoms with Crippen molar-refractivity contribution in [3.8, 4) is 5.75 Å². The van der Waals surface area contributed by atoms with Crippen molar-refractivity contribution < 1.29 is 31.1 Å². The van der Waals surface area contributed by atoms with Crippen LogP contribution in [0.3, 0.4) is 0 Å². The summed E-state index contributed by atoms with van der Waals surface area (Å²) in [6, 6.07) is 17.7. The van der Waals surface area contributed by atoms with E-state index in [4.69, 9.17) is 0 Å². The number of hydrogen-bond donors (Lipinski definition) is 0. The highest BCUT2D eigenvalue weighted by Gasteiger charge is 2.32. The zero-order valence-electron chi connectivity index (χ0n) is 23.1. The molecule has 0 saturated carbocycles. The predicted octanol–water partition coefficient (Wildman–Crippen LogP) is 10.2. The highest BCUT2D eigenvalue weighted by molar-refractivity contribution is 5.84. The molecular weight excluding hydrogens is 538 g/mol. The Morgan fingerprint density at radius 1 is 0.585 bits per heavy atom. The molecule has 0 N–H and O–H groups in total. The summed E-state index contributed by atoms with van der Waals surface area (Å²) in [5.74, 6) is -2.60. The zero-order valence-corrected chi connectivity index (χ0v) is 23.1. The van der Waals surface area contributed by atoms with E-state index in [1.165, 1.54) is 31.7 Å². The molecule has 41 heavy (non-hydrogen) atoms. The standard InChI is InChI=1S/C34H34F6O/c1-2-3-4-5-6-7-23-8-13-26(30(35)21-23)14-9-24-11-18-29-28(20-24)17-16-27(33(29)37)15-10-25-12-19-32(31(36)22-25)41-34(38,39)40/h8,11-13,16-22H,2-7,9-10,14-15H2,1H3. The normalized spacial score (nSPS) is 11.8. The van der Waals surface area contributed by atoms with E-state index in [0.29, 0.717) is 34.9 Å². The summed E-state index contributed by atoms with van der Waals surface area (Å²) < 4.78 is 84.7. The molecule has 0 bridgehead atoms. The van der Waals surface area contributed by atoms with Crippen LogP contribution < -0.4 is 4.74 Å². The van der Waals surface area contributed by atoms with E-state index in [0.717, 1.165) is 41.5 Å². The lowest BCUT2D eigenvalue weighted by Crippen LogP contribution is -2.18. The zero-order chi connectivity index (χ0) is 29.4. The van der Waals surface area contributed by atoms with Gasteiger partial charge in [-0.1, -0.05) is 81.1 Å². The molecule has 0 fully saturated rings. The topological polar surface area (TPSA) is 9.23 Å². The average molecular weight is 573 g/mol. The van der Waals surface area contributed by atoms with Crippen LogP contribution >= 0.6 is 0 Å². The van der Waals surface area contributed by atoms with Gasteiger partial charge in [0.25, 0.3) is 0 Å². The van der Waals surface area contributed by atoms with Gasteiger partial charge in [-0.3, -0.25) is 0 Å². The van der Waals surface area contributed by atoms with Gasteiger partial charge in [-0.05, 0) is 89.9 Å². The molecule has 0 atom stereocenters. The number of benzene rings is 4. The Balaban J connectivity index is 1.35. The Labute approximate surface area is 237 Å². The molecule has 0 spiro atoms. The van der Waals surface area contributed by atoms with Crippen molar-refractivity contribution in [3.63, 3.8) is 0 Å². The molecule has 0 radical (unpaired) electrons.